The molecule has 2 rings (SSSR count). The lowest BCUT2D eigenvalue weighted by molar-refractivity contribution is 0.638. The molecule has 2 heterocycles. The van der Waals surface area contributed by atoms with Gasteiger partial charge in [-0.15, -0.1) is 0 Å². The molecule has 0 radical (unpaired) electrons. The van der Waals surface area contributed by atoms with Crippen LogP contribution in [0.3, 0.4) is 0 Å². The molecular formula is C6H4FN3. The fraction of sp³-hybridized carbons (Fsp3) is 0. The summed E-state index contributed by atoms with van der Waals surface area (Å²) >= 11 is 0. The Morgan fingerprint density at radius 1 is 1.50 bits per heavy atom. The van der Waals surface area contributed by atoms with Crippen molar-refractivity contribution < 1.29 is 4.39 Å². The Bertz CT molecular complexity index is 355. The molecule has 0 spiro atoms. The van der Waals surface area contributed by atoms with Gasteiger partial charge in [-0.2, -0.15) is 5.10 Å². The van der Waals surface area contributed by atoms with Gasteiger partial charge in [0.05, 0.1) is 11.6 Å². The Morgan fingerprint density at radius 2 is 2.40 bits per heavy atom. The number of halogens is 1. The molecule has 0 aliphatic rings. The average Bonchev–Trinajstić information content (AvgIpc) is 2.36. The zero-order valence-corrected chi connectivity index (χ0v) is 5.00. The zero-order chi connectivity index (χ0) is 6.97. The monoisotopic (exact) mass is 137 g/mol. The van der Waals surface area contributed by atoms with E-state index in [4.69, 9.17) is 0 Å². The van der Waals surface area contributed by atoms with Crippen molar-refractivity contribution in [1.29, 1.82) is 0 Å². The maximum absolute atomic E-state index is 12.7. The Labute approximate surface area is 55.9 Å². The Morgan fingerprint density at radius 3 is 3.20 bits per heavy atom. The molecule has 0 unspecified atom stereocenters. The number of nitrogens with zero attached hydrogens (tertiary/aromatic N) is 2. The predicted molar refractivity (Wildman–Crippen MR) is 33.8 cm³/mol. The van der Waals surface area contributed by atoms with Gasteiger partial charge in [-0.05, 0) is 6.07 Å². The highest BCUT2D eigenvalue weighted by atomic mass is 19.1. The van der Waals surface area contributed by atoms with Crippen LogP contribution in [-0.2, 0) is 0 Å². The first kappa shape index (κ1) is 5.34. The summed E-state index contributed by atoms with van der Waals surface area (Å²) in [5, 5.41) is 6.63. The standard InChI is InChI=1S/C6H4FN3/c7-5-1-2-8-6-4(5)3-9-10-6/h1-3H,(H,8,9,10). The second-order valence-electron chi connectivity index (χ2n) is 1.93. The van der Waals surface area contributed by atoms with E-state index in [1.807, 2.05) is 0 Å². The summed E-state index contributed by atoms with van der Waals surface area (Å²) in [6.07, 6.45) is 2.81. The summed E-state index contributed by atoms with van der Waals surface area (Å²) < 4.78 is 12.7. The lowest BCUT2D eigenvalue weighted by Gasteiger charge is -1.86. The Hall–Kier alpha value is -1.45. The number of aromatic amines is 1. The second kappa shape index (κ2) is 1.76. The first-order valence-electron chi connectivity index (χ1n) is 2.81. The smallest absolute Gasteiger partial charge is 0.158 e. The quantitative estimate of drug-likeness (QED) is 0.590. The zero-order valence-electron chi connectivity index (χ0n) is 5.00. The van der Waals surface area contributed by atoms with E-state index in [-0.39, 0.29) is 5.82 Å². The van der Waals surface area contributed by atoms with Crippen molar-refractivity contribution >= 4 is 11.0 Å². The largest absolute Gasteiger partial charge is 0.261 e. The maximum atomic E-state index is 12.7. The summed E-state index contributed by atoms with van der Waals surface area (Å²) in [6, 6.07) is 1.30. The van der Waals surface area contributed by atoms with Crippen molar-refractivity contribution in [3.05, 3.63) is 24.3 Å². The third-order valence-electron chi connectivity index (χ3n) is 1.30. The number of pyridine rings is 1. The van der Waals surface area contributed by atoms with Gasteiger partial charge in [0.2, 0.25) is 0 Å². The van der Waals surface area contributed by atoms with Gasteiger partial charge in [0.25, 0.3) is 0 Å². The molecule has 0 aliphatic carbocycles. The second-order valence-corrected chi connectivity index (χ2v) is 1.93. The lowest BCUT2D eigenvalue weighted by Crippen LogP contribution is -1.78. The molecule has 0 saturated carbocycles. The van der Waals surface area contributed by atoms with E-state index in [9.17, 15) is 4.39 Å². The highest BCUT2D eigenvalue weighted by Crippen LogP contribution is 2.10. The number of rotatable bonds is 0. The minimum atomic E-state index is -0.293. The van der Waals surface area contributed by atoms with Crippen molar-refractivity contribution in [3.63, 3.8) is 0 Å². The van der Waals surface area contributed by atoms with Crippen LogP contribution >= 0.6 is 0 Å². The molecule has 0 amide bonds. The van der Waals surface area contributed by atoms with Gasteiger partial charge in [0.1, 0.15) is 5.82 Å². The third kappa shape index (κ3) is 0.586. The predicted octanol–water partition coefficient (Wildman–Crippen LogP) is 1.10. The van der Waals surface area contributed by atoms with E-state index in [2.05, 4.69) is 15.2 Å². The molecule has 10 heavy (non-hydrogen) atoms. The molecule has 2 aromatic rings. The minimum absolute atomic E-state index is 0.293. The van der Waals surface area contributed by atoms with Crippen LogP contribution in [0, 0.1) is 5.82 Å². The molecule has 0 fully saturated rings. The van der Waals surface area contributed by atoms with E-state index >= 15 is 0 Å². The van der Waals surface area contributed by atoms with E-state index in [1.165, 1.54) is 18.5 Å². The van der Waals surface area contributed by atoms with Crippen LogP contribution in [0.4, 0.5) is 4.39 Å². The summed E-state index contributed by atoms with van der Waals surface area (Å²) in [7, 11) is 0. The normalized spacial score (nSPS) is 10.5. The SMILES string of the molecule is Fc1ccnc2[nH]ncc12. The molecule has 0 aromatic carbocycles. The van der Waals surface area contributed by atoms with Crippen molar-refractivity contribution in [1.82, 2.24) is 15.2 Å². The van der Waals surface area contributed by atoms with E-state index in [0.717, 1.165) is 0 Å². The van der Waals surface area contributed by atoms with Crippen LogP contribution in [0.25, 0.3) is 11.0 Å². The summed E-state index contributed by atoms with van der Waals surface area (Å²) in [4.78, 5) is 3.84. The van der Waals surface area contributed by atoms with Gasteiger partial charge in [0.15, 0.2) is 5.65 Å². The number of H-pyrrole nitrogens is 1. The van der Waals surface area contributed by atoms with Gasteiger partial charge < -0.3 is 0 Å². The van der Waals surface area contributed by atoms with Crippen LogP contribution in [0.1, 0.15) is 0 Å². The summed E-state index contributed by atoms with van der Waals surface area (Å²) in [6.45, 7) is 0. The number of fused-ring (bicyclic) bond motifs is 1. The van der Waals surface area contributed by atoms with Crippen LogP contribution in [0.2, 0.25) is 0 Å². The van der Waals surface area contributed by atoms with E-state index in [1.54, 1.807) is 0 Å². The Balaban J connectivity index is 2.95. The fourth-order valence-electron chi connectivity index (χ4n) is 0.820. The van der Waals surface area contributed by atoms with Crippen molar-refractivity contribution in [2.75, 3.05) is 0 Å². The van der Waals surface area contributed by atoms with Crippen molar-refractivity contribution in [2.24, 2.45) is 0 Å². The number of nitrogens with one attached hydrogen (secondary N) is 1. The molecule has 0 saturated heterocycles. The molecule has 0 bridgehead atoms. The first-order chi connectivity index (χ1) is 4.88. The average molecular weight is 137 g/mol. The lowest BCUT2D eigenvalue weighted by atomic mass is 10.3. The number of hydrogen-bond acceptors (Lipinski definition) is 2. The van der Waals surface area contributed by atoms with Gasteiger partial charge in [-0.3, -0.25) is 5.10 Å². The van der Waals surface area contributed by atoms with Gasteiger partial charge in [-0.1, -0.05) is 0 Å². The van der Waals surface area contributed by atoms with Gasteiger partial charge in [0, 0.05) is 6.20 Å². The van der Waals surface area contributed by atoms with Gasteiger partial charge in [-0.25, -0.2) is 9.37 Å². The molecule has 3 nitrogen and oxygen atoms in total. The van der Waals surface area contributed by atoms with Gasteiger partial charge >= 0.3 is 0 Å². The van der Waals surface area contributed by atoms with Crippen molar-refractivity contribution in [3.8, 4) is 0 Å². The number of aromatic nitrogens is 3. The molecular weight excluding hydrogens is 133 g/mol. The van der Waals surface area contributed by atoms with Crippen molar-refractivity contribution in [2.45, 2.75) is 0 Å². The molecule has 2 aromatic heterocycles. The minimum Gasteiger partial charge on any atom is -0.261 e. The third-order valence-corrected chi connectivity index (χ3v) is 1.30. The molecule has 0 aliphatic heterocycles. The highest BCUT2D eigenvalue weighted by molar-refractivity contribution is 5.73. The Kier molecular flexibility index (Phi) is 0.943. The fourth-order valence-corrected chi connectivity index (χ4v) is 0.820. The molecule has 0 atom stereocenters. The van der Waals surface area contributed by atoms with Crippen LogP contribution < -0.4 is 0 Å². The van der Waals surface area contributed by atoms with Crippen LogP contribution in [0.15, 0.2) is 18.5 Å². The summed E-state index contributed by atoms with van der Waals surface area (Å²) in [5.74, 6) is -0.293. The number of hydrogen-bond donors (Lipinski definition) is 1. The highest BCUT2D eigenvalue weighted by Gasteiger charge is 2.00. The molecule has 50 valence electrons. The summed E-state index contributed by atoms with van der Waals surface area (Å²) in [5.41, 5.74) is 0.486. The van der Waals surface area contributed by atoms with Crippen LogP contribution in [0.5, 0.6) is 0 Å². The van der Waals surface area contributed by atoms with Crippen LogP contribution in [-0.4, -0.2) is 15.2 Å². The molecule has 1 N–H and O–H groups in total. The van der Waals surface area contributed by atoms with E-state index < -0.39 is 0 Å². The first-order valence-corrected chi connectivity index (χ1v) is 2.81. The van der Waals surface area contributed by atoms with E-state index in [0.29, 0.717) is 11.0 Å². The topological polar surface area (TPSA) is 41.6 Å². The maximum Gasteiger partial charge on any atom is 0.158 e. The molecule has 4 heteroatoms.